The summed E-state index contributed by atoms with van der Waals surface area (Å²) in [6, 6.07) is 0.656. The largest absolute Gasteiger partial charge is 0.317 e. The SMILES string of the molecule is CCNCCC(C)N(C)C(C)(C)CC. The van der Waals surface area contributed by atoms with E-state index >= 15 is 0 Å². The molecule has 0 amide bonds. The maximum atomic E-state index is 3.38. The number of hydrogen-bond acceptors (Lipinski definition) is 2. The molecule has 86 valence electrons. The van der Waals surface area contributed by atoms with Crippen LogP contribution in [0.25, 0.3) is 0 Å². The van der Waals surface area contributed by atoms with E-state index in [1.807, 2.05) is 0 Å². The van der Waals surface area contributed by atoms with Crippen molar-refractivity contribution in [3.05, 3.63) is 0 Å². The molecule has 0 aromatic rings. The summed E-state index contributed by atoms with van der Waals surface area (Å²) in [6.07, 6.45) is 2.43. The zero-order valence-electron chi connectivity index (χ0n) is 10.9. The molecule has 0 saturated heterocycles. The van der Waals surface area contributed by atoms with Crippen LogP contribution in [0.3, 0.4) is 0 Å². The fourth-order valence-electron chi connectivity index (χ4n) is 1.53. The topological polar surface area (TPSA) is 15.3 Å². The van der Waals surface area contributed by atoms with Gasteiger partial charge in [0.15, 0.2) is 0 Å². The van der Waals surface area contributed by atoms with E-state index in [0.717, 1.165) is 13.1 Å². The predicted octanol–water partition coefficient (Wildman–Crippen LogP) is 2.49. The van der Waals surface area contributed by atoms with Gasteiger partial charge in [-0.15, -0.1) is 0 Å². The molecule has 2 nitrogen and oxygen atoms in total. The maximum Gasteiger partial charge on any atom is 0.0150 e. The van der Waals surface area contributed by atoms with E-state index in [1.165, 1.54) is 12.8 Å². The minimum Gasteiger partial charge on any atom is -0.317 e. The average molecular weight is 200 g/mol. The van der Waals surface area contributed by atoms with Crippen LogP contribution in [0.4, 0.5) is 0 Å². The van der Waals surface area contributed by atoms with Crippen molar-refractivity contribution in [1.82, 2.24) is 10.2 Å². The fraction of sp³-hybridized carbons (Fsp3) is 1.00. The second-order valence-corrected chi connectivity index (χ2v) is 4.77. The van der Waals surface area contributed by atoms with Crippen LogP contribution in [0.15, 0.2) is 0 Å². The molecule has 0 bridgehead atoms. The maximum absolute atomic E-state index is 3.38. The zero-order chi connectivity index (χ0) is 11.2. The van der Waals surface area contributed by atoms with Crippen LogP contribution in [-0.2, 0) is 0 Å². The van der Waals surface area contributed by atoms with Gasteiger partial charge in [-0.2, -0.15) is 0 Å². The molecule has 0 aliphatic rings. The molecular weight excluding hydrogens is 172 g/mol. The van der Waals surface area contributed by atoms with E-state index in [0.29, 0.717) is 11.6 Å². The molecule has 2 heteroatoms. The first-order chi connectivity index (χ1) is 6.45. The Morgan fingerprint density at radius 1 is 1.29 bits per heavy atom. The van der Waals surface area contributed by atoms with Crippen LogP contribution in [0.2, 0.25) is 0 Å². The van der Waals surface area contributed by atoms with Gasteiger partial charge in [-0.05, 0) is 53.8 Å². The Labute approximate surface area is 90.1 Å². The molecule has 0 aliphatic heterocycles. The summed E-state index contributed by atoms with van der Waals surface area (Å²) >= 11 is 0. The van der Waals surface area contributed by atoms with Gasteiger partial charge in [0.1, 0.15) is 0 Å². The van der Waals surface area contributed by atoms with Crippen LogP contribution in [-0.4, -0.2) is 36.6 Å². The van der Waals surface area contributed by atoms with Gasteiger partial charge in [-0.25, -0.2) is 0 Å². The summed E-state index contributed by atoms with van der Waals surface area (Å²) < 4.78 is 0. The van der Waals surface area contributed by atoms with Gasteiger partial charge in [0.2, 0.25) is 0 Å². The van der Waals surface area contributed by atoms with Gasteiger partial charge in [0.05, 0.1) is 0 Å². The molecule has 0 aliphatic carbocycles. The second-order valence-electron chi connectivity index (χ2n) is 4.77. The summed E-state index contributed by atoms with van der Waals surface area (Å²) in [4.78, 5) is 2.49. The fourth-order valence-corrected chi connectivity index (χ4v) is 1.53. The van der Waals surface area contributed by atoms with Crippen molar-refractivity contribution >= 4 is 0 Å². The summed E-state index contributed by atoms with van der Waals surface area (Å²) in [6.45, 7) is 13.6. The highest BCUT2D eigenvalue weighted by atomic mass is 15.2. The Morgan fingerprint density at radius 3 is 2.29 bits per heavy atom. The second kappa shape index (κ2) is 6.41. The van der Waals surface area contributed by atoms with E-state index < -0.39 is 0 Å². The molecule has 14 heavy (non-hydrogen) atoms. The first kappa shape index (κ1) is 13.9. The van der Waals surface area contributed by atoms with Crippen molar-refractivity contribution in [1.29, 1.82) is 0 Å². The molecule has 0 aromatic heterocycles. The molecule has 0 heterocycles. The van der Waals surface area contributed by atoms with Crippen molar-refractivity contribution in [3.63, 3.8) is 0 Å². The van der Waals surface area contributed by atoms with Gasteiger partial charge in [0, 0.05) is 11.6 Å². The number of nitrogens with one attached hydrogen (secondary N) is 1. The molecule has 1 atom stereocenters. The lowest BCUT2D eigenvalue weighted by Crippen LogP contribution is -2.46. The average Bonchev–Trinajstić information content (AvgIpc) is 2.17. The smallest absolute Gasteiger partial charge is 0.0150 e. The van der Waals surface area contributed by atoms with Crippen LogP contribution in [0.1, 0.15) is 47.5 Å². The van der Waals surface area contributed by atoms with Crippen molar-refractivity contribution in [3.8, 4) is 0 Å². The van der Waals surface area contributed by atoms with Gasteiger partial charge in [-0.1, -0.05) is 13.8 Å². The molecule has 0 rings (SSSR count). The van der Waals surface area contributed by atoms with Crippen LogP contribution in [0.5, 0.6) is 0 Å². The number of hydrogen-bond donors (Lipinski definition) is 1. The zero-order valence-corrected chi connectivity index (χ0v) is 10.9. The Kier molecular flexibility index (Phi) is 6.38. The van der Waals surface area contributed by atoms with Gasteiger partial charge in [0.25, 0.3) is 0 Å². The lowest BCUT2D eigenvalue weighted by Gasteiger charge is -2.39. The third-order valence-corrected chi connectivity index (χ3v) is 3.47. The molecule has 1 N–H and O–H groups in total. The molecular formula is C12H28N2. The molecule has 0 aromatic carbocycles. The van der Waals surface area contributed by atoms with Crippen LogP contribution >= 0.6 is 0 Å². The van der Waals surface area contributed by atoms with Gasteiger partial charge >= 0.3 is 0 Å². The van der Waals surface area contributed by atoms with E-state index in [-0.39, 0.29) is 0 Å². The van der Waals surface area contributed by atoms with Crippen molar-refractivity contribution in [2.24, 2.45) is 0 Å². The van der Waals surface area contributed by atoms with Crippen molar-refractivity contribution in [2.75, 3.05) is 20.1 Å². The molecule has 1 unspecified atom stereocenters. The van der Waals surface area contributed by atoms with Crippen LogP contribution in [0, 0.1) is 0 Å². The Bertz CT molecular complexity index is 143. The highest BCUT2D eigenvalue weighted by Gasteiger charge is 2.24. The Morgan fingerprint density at radius 2 is 1.86 bits per heavy atom. The Hall–Kier alpha value is -0.0800. The lowest BCUT2D eigenvalue weighted by atomic mass is 9.97. The van der Waals surface area contributed by atoms with Gasteiger partial charge in [-0.3, -0.25) is 4.90 Å². The molecule has 0 radical (unpaired) electrons. The molecule has 0 spiro atoms. The monoisotopic (exact) mass is 200 g/mol. The summed E-state index contributed by atoms with van der Waals surface area (Å²) in [7, 11) is 2.24. The van der Waals surface area contributed by atoms with Gasteiger partial charge < -0.3 is 5.32 Å². The first-order valence-corrected chi connectivity index (χ1v) is 5.89. The minimum atomic E-state index is 0.325. The van der Waals surface area contributed by atoms with E-state index in [9.17, 15) is 0 Å². The Balaban J connectivity index is 3.92. The van der Waals surface area contributed by atoms with Crippen molar-refractivity contribution in [2.45, 2.75) is 59.0 Å². The highest BCUT2D eigenvalue weighted by molar-refractivity contribution is 4.81. The first-order valence-electron chi connectivity index (χ1n) is 5.89. The predicted molar refractivity (Wildman–Crippen MR) is 64.8 cm³/mol. The van der Waals surface area contributed by atoms with Crippen LogP contribution < -0.4 is 5.32 Å². The molecule has 0 saturated carbocycles. The molecule has 0 fully saturated rings. The summed E-state index contributed by atoms with van der Waals surface area (Å²) in [5, 5.41) is 3.38. The lowest BCUT2D eigenvalue weighted by molar-refractivity contribution is 0.101. The number of rotatable bonds is 7. The third-order valence-electron chi connectivity index (χ3n) is 3.47. The summed E-state index contributed by atoms with van der Waals surface area (Å²) in [5.74, 6) is 0. The summed E-state index contributed by atoms with van der Waals surface area (Å²) in [5.41, 5.74) is 0.325. The highest BCUT2D eigenvalue weighted by Crippen LogP contribution is 2.20. The third kappa shape index (κ3) is 4.43. The quantitative estimate of drug-likeness (QED) is 0.635. The van der Waals surface area contributed by atoms with Crippen molar-refractivity contribution < 1.29 is 0 Å². The minimum absolute atomic E-state index is 0.325. The standard InChI is InChI=1S/C12H28N2/c1-7-12(4,5)14(6)11(3)9-10-13-8-2/h11,13H,7-10H2,1-6H3. The van der Waals surface area contributed by atoms with E-state index in [2.05, 4.69) is 51.9 Å². The normalized spacial score (nSPS) is 14.8. The van der Waals surface area contributed by atoms with E-state index in [4.69, 9.17) is 0 Å². The van der Waals surface area contributed by atoms with E-state index in [1.54, 1.807) is 0 Å². The number of nitrogens with zero attached hydrogens (tertiary/aromatic N) is 1.